The standard InChI is InChI=1S/C9H9NO.C9H11N/c11-9-6-5-7-3-1-2-4-8(7)10-9;1-2-4-9-7-10-6-5-8(9)3-1/h1-4H,5-6H2,(H,10,11);1-4,10H,5-7H2. The molecule has 21 heavy (non-hydrogen) atoms. The van der Waals surface area contributed by atoms with Crippen LogP contribution in [0.4, 0.5) is 5.69 Å². The van der Waals surface area contributed by atoms with E-state index < -0.39 is 0 Å². The molecule has 1 amide bonds. The third-order valence-electron chi connectivity index (χ3n) is 3.92. The molecule has 4 rings (SSSR count). The van der Waals surface area contributed by atoms with Crippen molar-refractivity contribution in [2.75, 3.05) is 11.9 Å². The number of anilines is 1. The molecular formula is C18H20N2O. The van der Waals surface area contributed by atoms with Gasteiger partial charge in [-0.25, -0.2) is 0 Å². The molecule has 2 aliphatic heterocycles. The second-order valence-electron chi connectivity index (χ2n) is 5.40. The molecule has 0 saturated heterocycles. The maximum absolute atomic E-state index is 10.9. The molecule has 0 aromatic heterocycles. The molecule has 2 heterocycles. The van der Waals surface area contributed by atoms with E-state index >= 15 is 0 Å². The van der Waals surface area contributed by atoms with Crippen LogP contribution in [0.5, 0.6) is 0 Å². The van der Waals surface area contributed by atoms with Gasteiger partial charge in [0, 0.05) is 18.7 Å². The van der Waals surface area contributed by atoms with Crippen molar-refractivity contribution in [3.63, 3.8) is 0 Å². The number of carbonyl (C=O) groups is 1. The molecule has 0 atom stereocenters. The van der Waals surface area contributed by atoms with Crippen molar-refractivity contribution in [3.05, 3.63) is 65.2 Å². The molecule has 0 aliphatic carbocycles. The van der Waals surface area contributed by atoms with Crippen molar-refractivity contribution in [1.82, 2.24) is 5.32 Å². The molecule has 0 radical (unpaired) electrons. The molecule has 3 heteroatoms. The molecule has 2 aliphatic rings. The van der Waals surface area contributed by atoms with Crippen LogP contribution in [-0.2, 0) is 24.2 Å². The monoisotopic (exact) mass is 280 g/mol. The van der Waals surface area contributed by atoms with Gasteiger partial charge in [-0.2, -0.15) is 0 Å². The fourth-order valence-corrected chi connectivity index (χ4v) is 2.74. The minimum absolute atomic E-state index is 0.128. The zero-order valence-corrected chi connectivity index (χ0v) is 12.1. The number of rotatable bonds is 0. The smallest absolute Gasteiger partial charge is 0.224 e. The van der Waals surface area contributed by atoms with Gasteiger partial charge in [-0.1, -0.05) is 42.5 Å². The SMILES string of the molecule is O=C1CCc2ccccc2N1.c1ccc2c(c1)CCNC2. The summed E-state index contributed by atoms with van der Waals surface area (Å²) in [6.07, 6.45) is 2.69. The summed E-state index contributed by atoms with van der Waals surface area (Å²) >= 11 is 0. The number of amides is 1. The number of carbonyl (C=O) groups excluding carboxylic acids is 1. The van der Waals surface area contributed by atoms with Gasteiger partial charge in [-0.15, -0.1) is 0 Å². The van der Waals surface area contributed by atoms with Crippen molar-refractivity contribution in [1.29, 1.82) is 0 Å². The van der Waals surface area contributed by atoms with Gasteiger partial charge in [-0.3, -0.25) is 4.79 Å². The van der Waals surface area contributed by atoms with Crippen LogP contribution in [0.15, 0.2) is 48.5 Å². The van der Waals surface area contributed by atoms with Gasteiger partial charge in [-0.05, 0) is 42.1 Å². The van der Waals surface area contributed by atoms with E-state index in [4.69, 9.17) is 0 Å². The van der Waals surface area contributed by atoms with Crippen LogP contribution in [-0.4, -0.2) is 12.5 Å². The first-order chi connectivity index (χ1) is 10.3. The van der Waals surface area contributed by atoms with Crippen LogP contribution in [0.25, 0.3) is 0 Å². The van der Waals surface area contributed by atoms with Crippen LogP contribution in [0, 0.1) is 0 Å². The van der Waals surface area contributed by atoms with E-state index in [0.29, 0.717) is 6.42 Å². The Balaban J connectivity index is 0.000000126. The normalized spacial score (nSPS) is 15.9. The Labute approximate surface area is 125 Å². The summed E-state index contributed by atoms with van der Waals surface area (Å²) in [7, 11) is 0. The average molecular weight is 280 g/mol. The minimum atomic E-state index is 0.128. The number of hydrogen-bond acceptors (Lipinski definition) is 2. The summed E-state index contributed by atoms with van der Waals surface area (Å²) < 4.78 is 0. The molecule has 3 nitrogen and oxygen atoms in total. The first kappa shape index (κ1) is 13.8. The van der Waals surface area contributed by atoms with E-state index in [9.17, 15) is 4.79 Å². The van der Waals surface area contributed by atoms with Crippen LogP contribution in [0.1, 0.15) is 23.1 Å². The lowest BCUT2D eigenvalue weighted by molar-refractivity contribution is -0.116. The summed E-state index contributed by atoms with van der Waals surface area (Å²) in [5.74, 6) is 0.128. The highest BCUT2D eigenvalue weighted by atomic mass is 16.1. The molecule has 2 aromatic carbocycles. The maximum Gasteiger partial charge on any atom is 0.224 e. The number of para-hydroxylation sites is 1. The Morgan fingerprint density at radius 3 is 2.29 bits per heavy atom. The summed E-state index contributed by atoms with van der Waals surface area (Å²) in [5, 5.41) is 6.16. The summed E-state index contributed by atoms with van der Waals surface area (Å²) in [6, 6.07) is 16.6. The van der Waals surface area contributed by atoms with Crippen LogP contribution in [0.3, 0.4) is 0 Å². The highest BCUT2D eigenvalue weighted by Gasteiger charge is 2.12. The molecule has 2 N–H and O–H groups in total. The van der Waals surface area contributed by atoms with E-state index in [1.54, 1.807) is 0 Å². The quantitative estimate of drug-likeness (QED) is 0.779. The Kier molecular flexibility index (Phi) is 4.31. The van der Waals surface area contributed by atoms with E-state index in [0.717, 1.165) is 25.2 Å². The lowest BCUT2D eigenvalue weighted by Gasteiger charge is -2.15. The molecule has 0 fully saturated rings. The number of fused-ring (bicyclic) bond motifs is 2. The highest BCUT2D eigenvalue weighted by Crippen LogP contribution is 2.20. The maximum atomic E-state index is 10.9. The van der Waals surface area contributed by atoms with Gasteiger partial charge in [0.05, 0.1) is 0 Å². The van der Waals surface area contributed by atoms with Crippen molar-refractivity contribution >= 4 is 11.6 Å². The highest BCUT2D eigenvalue weighted by molar-refractivity contribution is 5.93. The van der Waals surface area contributed by atoms with Gasteiger partial charge in [0.1, 0.15) is 0 Å². The van der Waals surface area contributed by atoms with Crippen molar-refractivity contribution < 1.29 is 4.79 Å². The van der Waals surface area contributed by atoms with Crippen molar-refractivity contribution in [2.24, 2.45) is 0 Å². The number of hydrogen-bond donors (Lipinski definition) is 2. The zero-order valence-electron chi connectivity index (χ0n) is 12.1. The zero-order chi connectivity index (χ0) is 14.5. The van der Waals surface area contributed by atoms with E-state index in [1.807, 2.05) is 18.2 Å². The third kappa shape index (κ3) is 3.50. The van der Waals surface area contributed by atoms with Gasteiger partial charge < -0.3 is 10.6 Å². The molecule has 0 spiro atoms. The summed E-state index contributed by atoms with van der Waals surface area (Å²) in [6.45, 7) is 2.19. The lowest BCUT2D eigenvalue weighted by Crippen LogP contribution is -2.23. The second-order valence-corrected chi connectivity index (χ2v) is 5.40. The Hall–Kier alpha value is -2.13. The largest absolute Gasteiger partial charge is 0.326 e. The van der Waals surface area contributed by atoms with Crippen molar-refractivity contribution in [3.8, 4) is 0 Å². The average Bonchev–Trinajstić information content (AvgIpc) is 2.55. The Bertz CT molecular complexity index is 612. The summed E-state index contributed by atoms with van der Waals surface area (Å²) in [5.41, 5.74) is 5.20. The topological polar surface area (TPSA) is 41.1 Å². The Morgan fingerprint density at radius 1 is 0.762 bits per heavy atom. The lowest BCUT2D eigenvalue weighted by atomic mass is 10.0. The number of aryl methyl sites for hydroxylation is 1. The number of nitrogens with one attached hydrogen (secondary N) is 2. The van der Waals surface area contributed by atoms with Crippen LogP contribution >= 0.6 is 0 Å². The fraction of sp³-hybridized carbons (Fsp3) is 0.278. The van der Waals surface area contributed by atoms with Crippen LogP contribution < -0.4 is 10.6 Å². The predicted molar refractivity (Wildman–Crippen MR) is 85.2 cm³/mol. The summed E-state index contributed by atoms with van der Waals surface area (Å²) in [4.78, 5) is 10.9. The van der Waals surface area contributed by atoms with E-state index in [-0.39, 0.29) is 5.91 Å². The van der Waals surface area contributed by atoms with Gasteiger partial charge in [0.2, 0.25) is 5.91 Å². The molecule has 0 unspecified atom stereocenters. The third-order valence-corrected chi connectivity index (χ3v) is 3.92. The van der Waals surface area contributed by atoms with Gasteiger partial charge in [0.15, 0.2) is 0 Å². The first-order valence-electron chi connectivity index (χ1n) is 7.48. The molecule has 2 aromatic rings. The Morgan fingerprint density at radius 2 is 1.48 bits per heavy atom. The second kappa shape index (κ2) is 6.55. The van der Waals surface area contributed by atoms with Gasteiger partial charge in [0.25, 0.3) is 0 Å². The molecule has 108 valence electrons. The molecule has 0 saturated carbocycles. The van der Waals surface area contributed by atoms with E-state index in [2.05, 4.69) is 41.0 Å². The van der Waals surface area contributed by atoms with Crippen LogP contribution in [0.2, 0.25) is 0 Å². The van der Waals surface area contributed by atoms with Crippen molar-refractivity contribution in [2.45, 2.75) is 25.8 Å². The fourth-order valence-electron chi connectivity index (χ4n) is 2.74. The van der Waals surface area contributed by atoms with E-state index in [1.165, 1.54) is 23.1 Å². The predicted octanol–water partition coefficient (Wildman–Crippen LogP) is 2.90. The minimum Gasteiger partial charge on any atom is -0.326 e. The molecule has 0 bridgehead atoms. The van der Waals surface area contributed by atoms with Gasteiger partial charge >= 0.3 is 0 Å². The molecular weight excluding hydrogens is 260 g/mol. The number of benzene rings is 2. The first-order valence-corrected chi connectivity index (χ1v) is 7.48.